The minimum Gasteiger partial charge on any atom is -0.315 e. The number of hydrogen-bond acceptors (Lipinski definition) is 2. The van der Waals surface area contributed by atoms with Crippen LogP contribution < -0.4 is 10.6 Å². The van der Waals surface area contributed by atoms with Gasteiger partial charge in [-0.2, -0.15) is 0 Å². The zero-order chi connectivity index (χ0) is 17.6. The van der Waals surface area contributed by atoms with Crippen LogP contribution in [0.4, 0.5) is 0 Å². The van der Waals surface area contributed by atoms with Gasteiger partial charge in [0.2, 0.25) is 0 Å². The van der Waals surface area contributed by atoms with E-state index < -0.39 is 0 Å². The van der Waals surface area contributed by atoms with E-state index in [4.69, 9.17) is 0 Å². The Morgan fingerprint density at radius 2 is 1.71 bits per heavy atom. The lowest BCUT2D eigenvalue weighted by atomic mass is 9.83. The Morgan fingerprint density at radius 1 is 1.00 bits per heavy atom. The van der Waals surface area contributed by atoms with Gasteiger partial charge in [-0.05, 0) is 58.4 Å². The Bertz CT molecular complexity index is 360. The van der Waals surface area contributed by atoms with Crippen molar-refractivity contribution in [2.24, 2.45) is 11.8 Å². The van der Waals surface area contributed by atoms with Gasteiger partial charge in [0.25, 0.3) is 0 Å². The SMILES string of the molecule is CC(C)=CCC/C(C)=C/CNCCNCC(C)CC1CCCCC1. The Balaban J connectivity index is 1.94. The van der Waals surface area contributed by atoms with Gasteiger partial charge >= 0.3 is 0 Å². The standard InChI is InChI=1S/C22H42N2/c1-19(2)9-8-10-20(3)13-14-23-15-16-24-18-21(4)17-22-11-6-5-7-12-22/h9,13,21-24H,5-8,10-12,14-18H2,1-4H3/b20-13+. The van der Waals surface area contributed by atoms with Crippen LogP contribution in [0.15, 0.2) is 23.3 Å². The zero-order valence-corrected chi connectivity index (χ0v) is 16.8. The molecule has 0 aromatic rings. The molecule has 1 rings (SSSR count). The molecule has 0 saturated heterocycles. The Morgan fingerprint density at radius 3 is 2.42 bits per heavy atom. The summed E-state index contributed by atoms with van der Waals surface area (Å²) in [5.74, 6) is 1.83. The van der Waals surface area contributed by atoms with Gasteiger partial charge in [0.1, 0.15) is 0 Å². The molecule has 2 N–H and O–H groups in total. The van der Waals surface area contributed by atoms with E-state index in [-0.39, 0.29) is 0 Å². The Labute approximate surface area is 151 Å². The number of hydrogen-bond donors (Lipinski definition) is 2. The lowest BCUT2D eigenvalue weighted by Crippen LogP contribution is -2.31. The molecule has 0 aromatic heterocycles. The third kappa shape index (κ3) is 11.9. The normalized spacial score (nSPS) is 17.8. The highest BCUT2D eigenvalue weighted by molar-refractivity contribution is 5.02. The van der Waals surface area contributed by atoms with Crippen LogP contribution in [-0.2, 0) is 0 Å². The van der Waals surface area contributed by atoms with Gasteiger partial charge in [-0.3, -0.25) is 0 Å². The maximum absolute atomic E-state index is 3.62. The van der Waals surface area contributed by atoms with E-state index in [0.717, 1.165) is 31.5 Å². The molecule has 1 aliphatic carbocycles. The fourth-order valence-electron chi connectivity index (χ4n) is 3.64. The minimum absolute atomic E-state index is 0.824. The van der Waals surface area contributed by atoms with Crippen LogP contribution in [0.5, 0.6) is 0 Å². The van der Waals surface area contributed by atoms with Crippen molar-refractivity contribution in [1.82, 2.24) is 10.6 Å². The van der Waals surface area contributed by atoms with Crippen LogP contribution in [0.25, 0.3) is 0 Å². The first-order chi connectivity index (χ1) is 11.6. The summed E-state index contributed by atoms with van der Waals surface area (Å²) in [6.07, 6.45) is 15.8. The van der Waals surface area contributed by atoms with E-state index in [1.54, 1.807) is 0 Å². The van der Waals surface area contributed by atoms with Gasteiger partial charge in [-0.1, -0.05) is 62.3 Å². The molecule has 24 heavy (non-hydrogen) atoms. The van der Waals surface area contributed by atoms with Crippen LogP contribution in [0.1, 0.15) is 79.1 Å². The second-order valence-corrected chi connectivity index (χ2v) is 8.12. The molecule has 140 valence electrons. The lowest BCUT2D eigenvalue weighted by molar-refractivity contribution is 0.292. The van der Waals surface area contributed by atoms with Crippen molar-refractivity contribution in [2.45, 2.75) is 79.1 Å². The second kappa shape index (κ2) is 13.7. The average Bonchev–Trinajstić information content (AvgIpc) is 2.54. The summed E-state index contributed by atoms with van der Waals surface area (Å²) in [5.41, 5.74) is 2.92. The molecule has 0 bridgehead atoms. The first kappa shape index (κ1) is 21.4. The second-order valence-electron chi connectivity index (χ2n) is 8.12. The largest absolute Gasteiger partial charge is 0.315 e. The van der Waals surface area contributed by atoms with E-state index in [1.807, 2.05) is 0 Å². The maximum Gasteiger partial charge on any atom is 0.0137 e. The molecule has 0 aliphatic heterocycles. The van der Waals surface area contributed by atoms with Crippen molar-refractivity contribution in [3.63, 3.8) is 0 Å². The quantitative estimate of drug-likeness (QED) is 0.365. The summed E-state index contributed by atoms with van der Waals surface area (Å²) in [6, 6.07) is 0. The van der Waals surface area contributed by atoms with E-state index >= 15 is 0 Å². The van der Waals surface area contributed by atoms with Crippen LogP contribution >= 0.6 is 0 Å². The predicted molar refractivity (Wildman–Crippen MR) is 109 cm³/mol. The highest BCUT2D eigenvalue weighted by atomic mass is 14.9. The van der Waals surface area contributed by atoms with Crippen LogP contribution in [-0.4, -0.2) is 26.2 Å². The van der Waals surface area contributed by atoms with E-state index in [0.29, 0.717) is 0 Å². The molecule has 1 saturated carbocycles. The van der Waals surface area contributed by atoms with Gasteiger partial charge in [0.05, 0.1) is 0 Å². The van der Waals surface area contributed by atoms with Gasteiger partial charge < -0.3 is 10.6 Å². The van der Waals surface area contributed by atoms with Crippen LogP contribution in [0.2, 0.25) is 0 Å². The number of allylic oxidation sites excluding steroid dienone is 3. The molecule has 1 unspecified atom stereocenters. The van der Waals surface area contributed by atoms with Crippen molar-refractivity contribution in [3.8, 4) is 0 Å². The summed E-state index contributed by atoms with van der Waals surface area (Å²) in [6.45, 7) is 13.3. The minimum atomic E-state index is 0.824. The van der Waals surface area contributed by atoms with Gasteiger partial charge in [0, 0.05) is 19.6 Å². The van der Waals surface area contributed by atoms with Gasteiger partial charge in [-0.25, -0.2) is 0 Å². The molecular weight excluding hydrogens is 292 g/mol. The topological polar surface area (TPSA) is 24.1 Å². The summed E-state index contributed by atoms with van der Waals surface area (Å²) in [7, 11) is 0. The highest BCUT2D eigenvalue weighted by Crippen LogP contribution is 2.28. The van der Waals surface area contributed by atoms with Crippen molar-refractivity contribution < 1.29 is 0 Å². The number of rotatable bonds is 12. The molecule has 0 heterocycles. The fraction of sp³-hybridized carbons (Fsp3) is 0.818. The smallest absolute Gasteiger partial charge is 0.0137 e. The summed E-state index contributed by atoms with van der Waals surface area (Å²) in [4.78, 5) is 0. The zero-order valence-electron chi connectivity index (χ0n) is 16.8. The summed E-state index contributed by atoms with van der Waals surface area (Å²) in [5, 5.41) is 7.13. The Kier molecular flexibility index (Phi) is 12.2. The third-order valence-corrected chi connectivity index (χ3v) is 5.12. The molecule has 2 nitrogen and oxygen atoms in total. The van der Waals surface area contributed by atoms with E-state index in [2.05, 4.69) is 50.5 Å². The van der Waals surface area contributed by atoms with E-state index in [1.165, 1.54) is 69.1 Å². The molecule has 0 aromatic carbocycles. The third-order valence-electron chi connectivity index (χ3n) is 5.12. The van der Waals surface area contributed by atoms with Crippen LogP contribution in [0.3, 0.4) is 0 Å². The van der Waals surface area contributed by atoms with Crippen LogP contribution in [0, 0.1) is 11.8 Å². The van der Waals surface area contributed by atoms with Crippen molar-refractivity contribution in [1.29, 1.82) is 0 Å². The average molecular weight is 335 g/mol. The molecule has 0 amide bonds. The van der Waals surface area contributed by atoms with E-state index in [9.17, 15) is 0 Å². The first-order valence-corrected chi connectivity index (χ1v) is 10.3. The van der Waals surface area contributed by atoms with Gasteiger partial charge in [-0.15, -0.1) is 0 Å². The molecule has 1 atom stereocenters. The molecule has 0 radical (unpaired) electrons. The predicted octanol–water partition coefficient (Wildman–Crippen LogP) is 5.46. The fourth-order valence-corrected chi connectivity index (χ4v) is 3.64. The van der Waals surface area contributed by atoms with Crippen molar-refractivity contribution in [2.75, 3.05) is 26.2 Å². The lowest BCUT2D eigenvalue weighted by Gasteiger charge is -2.24. The molecule has 0 spiro atoms. The molecular formula is C22H42N2. The highest BCUT2D eigenvalue weighted by Gasteiger charge is 2.15. The summed E-state index contributed by atoms with van der Waals surface area (Å²) < 4.78 is 0. The van der Waals surface area contributed by atoms with Crippen molar-refractivity contribution >= 4 is 0 Å². The molecule has 1 fully saturated rings. The molecule has 2 heteroatoms. The first-order valence-electron chi connectivity index (χ1n) is 10.3. The van der Waals surface area contributed by atoms with Crippen molar-refractivity contribution in [3.05, 3.63) is 23.3 Å². The Hall–Kier alpha value is -0.600. The van der Waals surface area contributed by atoms with Gasteiger partial charge in [0.15, 0.2) is 0 Å². The maximum atomic E-state index is 3.62. The molecule has 1 aliphatic rings. The number of nitrogens with one attached hydrogen (secondary N) is 2. The monoisotopic (exact) mass is 334 g/mol. The summed E-state index contributed by atoms with van der Waals surface area (Å²) >= 11 is 0.